The van der Waals surface area contributed by atoms with Gasteiger partial charge in [-0.3, -0.25) is 4.79 Å². The molecule has 0 aliphatic rings. The Morgan fingerprint density at radius 2 is 2.17 bits per heavy atom. The predicted octanol–water partition coefficient (Wildman–Crippen LogP) is 1.23. The van der Waals surface area contributed by atoms with E-state index in [4.69, 9.17) is 5.11 Å². The van der Waals surface area contributed by atoms with Crippen LogP contribution in [0, 0.1) is 6.42 Å². The van der Waals surface area contributed by atoms with Crippen LogP contribution in [0.5, 0.6) is 0 Å². The highest BCUT2D eigenvalue weighted by Gasteiger charge is 2.06. The summed E-state index contributed by atoms with van der Waals surface area (Å²) < 4.78 is 0. The molecule has 0 aliphatic carbocycles. The molecule has 0 aromatic heterocycles. The molecule has 0 spiro atoms. The van der Waals surface area contributed by atoms with Crippen molar-refractivity contribution in [3.63, 3.8) is 0 Å². The quantitative estimate of drug-likeness (QED) is 0.592. The lowest BCUT2D eigenvalue weighted by Gasteiger charge is -2.10. The molecule has 0 heterocycles. The van der Waals surface area contributed by atoms with Gasteiger partial charge >= 0.3 is 0 Å². The van der Waals surface area contributed by atoms with E-state index in [0.29, 0.717) is 6.42 Å². The molecule has 0 fully saturated rings. The zero-order valence-electron chi connectivity index (χ0n) is 7.84. The molecule has 0 saturated heterocycles. The Balaban J connectivity index is 3.40. The Morgan fingerprint density at radius 1 is 1.50 bits per heavy atom. The number of amides is 1. The molecule has 0 aromatic carbocycles. The zero-order chi connectivity index (χ0) is 9.40. The molecule has 2 N–H and O–H groups in total. The van der Waals surface area contributed by atoms with Crippen molar-refractivity contribution in [3.05, 3.63) is 6.42 Å². The Morgan fingerprint density at radius 3 is 2.67 bits per heavy atom. The van der Waals surface area contributed by atoms with Crippen molar-refractivity contribution in [2.45, 2.75) is 45.8 Å². The number of nitrogens with one attached hydrogen (secondary N) is 1. The van der Waals surface area contributed by atoms with Crippen LogP contribution in [0.15, 0.2) is 0 Å². The average Bonchev–Trinajstić information content (AvgIpc) is 2.01. The normalized spacial score (nSPS) is 12.6. The van der Waals surface area contributed by atoms with E-state index in [0.717, 1.165) is 19.3 Å². The number of hydrogen-bond acceptors (Lipinski definition) is 2. The number of carbonyl (C=O) groups is 1. The van der Waals surface area contributed by atoms with Crippen molar-refractivity contribution in [1.29, 1.82) is 0 Å². The molecular formula is C9H18NO2. The van der Waals surface area contributed by atoms with E-state index in [1.807, 2.05) is 13.8 Å². The third kappa shape index (κ3) is 6.16. The van der Waals surface area contributed by atoms with Gasteiger partial charge in [0.25, 0.3) is 0 Å². The second kappa shape index (κ2) is 7.10. The highest BCUT2D eigenvalue weighted by Crippen LogP contribution is 1.95. The summed E-state index contributed by atoms with van der Waals surface area (Å²) in [5.41, 5.74) is 0. The Labute approximate surface area is 74.2 Å². The fourth-order valence-corrected chi connectivity index (χ4v) is 0.844. The predicted molar refractivity (Wildman–Crippen MR) is 48.3 cm³/mol. The highest BCUT2D eigenvalue weighted by molar-refractivity contribution is 5.84. The maximum absolute atomic E-state index is 11.0. The van der Waals surface area contributed by atoms with E-state index in [1.165, 1.54) is 0 Å². The van der Waals surface area contributed by atoms with Crippen LogP contribution in [-0.4, -0.2) is 17.2 Å². The molecule has 71 valence electrons. The lowest BCUT2D eigenvalue weighted by Crippen LogP contribution is -2.34. The first-order chi connectivity index (χ1) is 5.70. The van der Waals surface area contributed by atoms with Gasteiger partial charge in [0.2, 0.25) is 5.91 Å². The molecule has 1 atom stereocenters. The minimum absolute atomic E-state index is 0.169. The van der Waals surface area contributed by atoms with Crippen LogP contribution in [-0.2, 0) is 4.79 Å². The van der Waals surface area contributed by atoms with Gasteiger partial charge in [-0.25, -0.2) is 0 Å². The average molecular weight is 172 g/mol. The smallest absolute Gasteiger partial charge is 0.225 e. The Kier molecular flexibility index (Phi) is 6.76. The van der Waals surface area contributed by atoms with Gasteiger partial charge in [0.05, 0.1) is 0 Å². The summed E-state index contributed by atoms with van der Waals surface area (Å²) in [7, 11) is 0. The van der Waals surface area contributed by atoms with Gasteiger partial charge in [-0.15, -0.1) is 0 Å². The number of rotatable bonds is 6. The molecular weight excluding hydrogens is 154 g/mol. The molecule has 0 saturated carbocycles. The molecule has 0 bridgehead atoms. The molecule has 12 heavy (non-hydrogen) atoms. The van der Waals surface area contributed by atoms with Crippen LogP contribution in [0.2, 0.25) is 0 Å². The lowest BCUT2D eigenvalue weighted by molar-refractivity contribution is -0.121. The molecule has 3 heteroatoms. The first-order valence-corrected chi connectivity index (χ1v) is 4.52. The number of aliphatic hydroxyl groups excluding tert-OH is 1. The number of carbonyl (C=O) groups excluding carboxylic acids is 1. The van der Waals surface area contributed by atoms with Crippen LogP contribution in [0.1, 0.15) is 39.5 Å². The first-order valence-electron chi connectivity index (χ1n) is 4.52. The van der Waals surface area contributed by atoms with E-state index in [1.54, 1.807) is 6.42 Å². The molecule has 0 rings (SSSR count). The maximum Gasteiger partial charge on any atom is 0.225 e. The minimum atomic E-state index is -0.685. The Bertz CT molecular complexity index is 126. The third-order valence-corrected chi connectivity index (χ3v) is 1.49. The van der Waals surface area contributed by atoms with E-state index < -0.39 is 6.23 Å². The SMILES string of the molecule is CCC[CH]C(=O)NC(O)CCC. The van der Waals surface area contributed by atoms with Crippen LogP contribution in [0.25, 0.3) is 0 Å². The van der Waals surface area contributed by atoms with Crippen molar-refractivity contribution in [2.75, 3.05) is 0 Å². The standard InChI is InChI=1S/C9H18NO2/c1-3-5-7-9(12)10-8(11)6-4-2/h7-8,11H,3-6H2,1-2H3,(H,10,12). The second-order valence-electron chi connectivity index (χ2n) is 2.81. The Hall–Kier alpha value is -0.570. The summed E-state index contributed by atoms with van der Waals surface area (Å²) in [4.78, 5) is 11.0. The third-order valence-electron chi connectivity index (χ3n) is 1.49. The largest absolute Gasteiger partial charge is 0.374 e. The van der Waals surface area contributed by atoms with Crippen LogP contribution < -0.4 is 5.32 Å². The van der Waals surface area contributed by atoms with Gasteiger partial charge < -0.3 is 10.4 Å². The van der Waals surface area contributed by atoms with Crippen molar-refractivity contribution >= 4 is 5.91 Å². The van der Waals surface area contributed by atoms with Gasteiger partial charge in [-0.05, 0) is 12.8 Å². The zero-order valence-corrected chi connectivity index (χ0v) is 7.84. The maximum atomic E-state index is 11.0. The van der Waals surface area contributed by atoms with Gasteiger partial charge in [0.15, 0.2) is 0 Å². The molecule has 1 unspecified atom stereocenters. The summed E-state index contributed by atoms with van der Waals surface area (Å²) in [5.74, 6) is -0.169. The first kappa shape index (κ1) is 11.4. The second-order valence-corrected chi connectivity index (χ2v) is 2.81. The van der Waals surface area contributed by atoms with Crippen LogP contribution in [0.3, 0.4) is 0 Å². The van der Waals surface area contributed by atoms with Crippen molar-refractivity contribution in [3.8, 4) is 0 Å². The summed E-state index contributed by atoms with van der Waals surface area (Å²) in [6.45, 7) is 3.97. The summed E-state index contributed by atoms with van der Waals surface area (Å²) in [6.07, 6.45) is 4.09. The molecule has 1 radical (unpaired) electrons. The molecule has 3 nitrogen and oxygen atoms in total. The van der Waals surface area contributed by atoms with Gasteiger partial charge in [0, 0.05) is 6.42 Å². The highest BCUT2D eigenvalue weighted by atomic mass is 16.3. The van der Waals surface area contributed by atoms with Crippen molar-refractivity contribution in [1.82, 2.24) is 5.32 Å². The van der Waals surface area contributed by atoms with E-state index in [-0.39, 0.29) is 5.91 Å². The monoisotopic (exact) mass is 172 g/mol. The molecule has 0 aromatic rings. The van der Waals surface area contributed by atoms with Gasteiger partial charge in [0.1, 0.15) is 6.23 Å². The number of hydrogen-bond donors (Lipinski definition) is 2. The minimum Gasteiger partial charge on any atom is -0.374 e. The number of unbranched alkanes of at least 4 members (excludes halogenated alkanes) is 1. The van der Waals surface area contributed by atoms with Crippen molar-refractivity contribution in [2.24, 2.45) is 0 Å². The lowest BCUT2D eigenvalue weighted by atomic mass is 10.2. The number of aliphatic hydroxyl groups is 1. The van der Waals surface area contributed by atoms with E-state index in [9.17, 15) is 4.79 Å². The fourth-order valence-electron chi connectivity index (χ4n) is 0.844. The molecule has 1 amide bonds. The van der Waals surface area contributed by atoms with Gasteiger partial charge in [-0.2, -0.15) is 0 Å². The summed E-state index contributed by atoms with van der Waals surface area (Å²) >= 11 is 0. The topological polar surface area (TPSA) is 49.3 Å². The van der Waals surface area contributed by atoms with Gasteiger partial charge in [-0.1, -0.05) is 26.7 Å². The van der Waals surface area contributed by atoms with Crippen LogP contribution in [0.4, 0.5) is 0 Å². The van der Waals surface area contributed by atoms with Crippen molar-refractivity contribution < 1.29 is 9.90 Å². The molecule has 0 aliphatic heterocycles. The fraction of sp³-hybridized carbons (Fsp3) is 0.778. The summed E-state index contributed by atoms with van der Waals surface area (Å²) in [6, 6.07) is 0. The van der Waals surface area contributed by atoms with Crippen LogP contribution >= 0.6 is 0 Å². The van der Waals surface area contributed by atoms with E-state index >= 15 is 0 Å². The van der Waals surface area contributed by atoms with E-state index in [2.05, 4.69) is 5.32 Å². The summed E-state index contributed by atoms with van der Waals surface area (Å²) in [5, 5.41) is 11.6.